The van der Waals surface area contributed by atoms with Crippen LogP contribution in [0.15, 0.2) is 54.6 Å². The highest BCUT2D eigenvalue weighted by Crippen LogP contribution is 2.25. The molecule has 154 valence electrons. The highest BCUT2D eigenvalue weighted by atomic mass is 16.2. The van der Waals surface area contributed by atoms with Crippen molar-refractivity contribution in [1.82, 2.24) is 9.80 Å². The number of rotatable bonds is 6. The molecule has 4 rings (SSSR count). The molecule has 0 bridgehead atoms. The normalized spacial score (nSPS) is 19.9. The van der Waals surface area contributed by atoms with E-state index in [1.54, 1.807) is 0 Å². The summed E-state index contributed by atoms with van der Waals surface area (Å²) in [6, 6.07) is 19.2. The van der Waals surface area contributed by atoms with Crippen LogP contribution in [0.2, 0.25) is 0 Å². The van der Waals surface area contributed by atoms with Gasteiger partial charge in [-0.15, -0.1) is 0 Å². The Hall–Kier alpha value is -2.17. The number of benzene rings is 2. The Labute approximate surface area is 174 Å². The van der Waals surface area contributed by atoms with Gasteiger partial charge >= 0.3 is 0 Å². The molecule has 2 aromatic carbocycles. The summed E-state index contributed by atoms with van der Waals surface area (Å²) >= 11 is 0. The molecule has 1 heterocycles. The highest BCUT2D eigenvalue weighted by Gasteiger charge is 2.30. The molecular weight excluding hydrogens is 358 g/mol. The minimum Gasteiger partial charge on any atom is -0.324 e. The molecule has 1 atom stereocenters. The van der Waals surface area contributed by atoms with Crippen molar-refractivity contribution < 1.29 is 4.79 Å². The number of carbonyl (C=O) groups excluding carboxylic acids is 1. The fourth-order valence-corrected chi connectivity index (χ4v) is 4.77. The smallest absolute Gasteiger partial charge is 0.241 e. The maximum absolute atomic E-state index is 13.0. The van der Waals surface area contributed by atoms with Gasteiger partial charge in [0.05, 0.1) is 6.04 Å². The van der Waals surface area contributed by atoms with Crippen LogP contribution in [-0.4, -0.2) is 54.0 Å². The van der Waals surface area contributed by atoms with E-state index in [4.69, 9.17) is 0 Å². The molecule has 1 amide bonds. The zero-order chi connectivity index (χ0) is 20.1. The minimum absolute atomic E-state index is 0.0971. The molecule has 1 saturated heterocycles. The number of nitrogens with zero attached hydrogens (tertiary/aromatic N) is 2. The van der Waals surface area contributed by atoms with Gasteiger partial charge in [-0.1, -0.05) is 61.4 Å². The topological polar surface area (TPSA) is 35.6 Å². The van der Waals surface area contributed by atoms with Gasteiger partial charge in [-0.3, -0.25) is 14.6 Å². The maximum atomic E-state index is 13.0. The largest absolute Gasteiger partial charge is 0.324 e. The van der Waals surface area contributed by atoms with E-state index in [-0.39, 0.29) is 11.9 Å². The predicted molar refractivity (Wildman–Crippen MR) is 119 cm³/mol. The third kappa shape index (κ3) is 5.06. The van der Waals surface area contributed by atoms with Gasteiger partial charge in [-0.2, -0.15) is 0 Å². The van der Waals surface area contributed by atoms with Crippen LogP contribution in [0.4, 0.5) is 5.69 Å². The van der Waals surface area contributed by atoms with Gasteiger partial charge in [-0.25, -0.2) is 0 Å². The van der Waals surface area contributed by atoms with Crippen molar-refractivity contribution in [3.8, 4) is 0 Å². The van der Waals surface area contributed by atoms with Gasteiger partial charge in [0.15, 0.2) is 0 Å². The van der Waals surface area contributed by atoms with Crippen molar-refractivity contribution in [3.63, 3.8) is 0 Å². The lowest BCUT2D eigenvalue weighted by Crippen LogP contribution is -2.54. The third-order valence-electron chi connectivity index (χ3n) is 6.63. The van der Waals surface area contributed by atoms with Crippen LogP contribution in [-0.2, 0) is 11.2 Å². The summed E-state index contributed by atoms with van der Waals surface area (Å²) in [5, 5.41) is 3.20. The molecule has 4 nitrogen and oxygen atoms in total. The molecule has 0 radical (unpaired) electrons. The SMILES string of the molecule is CC(C(=O)Nc1ccccc1Cc1ccccc1)N1CCN(C2CCCC2)CC1. The maximum Gasteiger partial charge on any atom is 0.241 e. The van der Waals surface area contributed by atoms with E-state index in [1.807, 2.05) is 31.2 Å². The second kappa shape index (κ2) is 9.55. The molecule has 1 aliphatic heterocycles. The predicted octanol–water partition coefficient (Wildman–Crippen LogP) is 4.16. The lowest BCUT2D eigenvalue weighted by molar-refractivity contribution is -0.121. The molecule has 2 fully saturated rings. The first-order valence-electron chi connectivity index (χ1n) is 11.1. The number of hydrogen-bond acceptors (Lipinski definition) is 3. The lowest BCUT2D eigenvalue weighted by atomic mass is 10.0. The molecule has 1 saturated carbocycles. The first-order valence-corrected chi connectivity index (χ1v) is 11.1. The van der Waals surface area contributed by atoms with Crippen molar-refractivity contribution in [2.45, 2.75) is 51.1 Å². The van der Waals surface area contributed by atoms with Crippen LogP contribution in [0.3, 0.4) is 0 Å². The summed E-state index contributed by atoms with van der Waals surface area (Å²) in [5.41, 5.74) is 3.34. The Morgan fingerprint density at radius 3 is 2.34 bits per heavy atom. The van der Waals surface area contributed by atoms with E-state index in [2.05, 4.69) is 45.4 Å². The fourth-order valence-electron chi connectivity index (χ4n) is 4.77. The summed E-state index contributed by atoms with van der Waals surface area (Å²) < 4.78 is 0. The first kappa shape index (κ1) is 20.1. The molecule has 1 N–H and O–H groups in total. The number of para-hydroxylation sites is 1. The Morgan fingerprint density at radius 2 is 1.62 bits per heavy atom. The van der Waals surface area contributed by atoms with E-state index in [9.17, 15) is 4.79 Å². The lowest BCUT2D eigenvalue weighted by Gasteiger charge is -2.40. The van der Waals surface area contributed by atoms with E-state index >= 15 is 0 Å². The molecule has 29 heavy (non-hydrogen) atoms. The van der Waals surface area contributed by atoms with Gasteiger partial charge in [0.2, 0.25) is 5.91 Å². The molecule has 0 spiro atoms. The van der Waals surface area contributed by atoms with Crippen LogP contribution in [0.5, 0.6) is 0 Å². The summed E-state index contributed by atoms with van der Waals surface area (Å²) in [6.07, 6.45) is 6.30. The summed E-state index contributed by atoms with van der Waals surface area (Å²) in [4.78, 5) is 18.0. The molecule has 1 aliphatic carbocycles. The zero-order valence-electron chi connectivity index (χ0n) is 17.5. The minimum atomic E-state index is -0.106. The summed E-state index contributed by atoms with van der Waals surface area (Å²) in [6.45, 7) is 6.19. The van der Waals surface area contributed by atoms with Crippen molar-refractivity contribution in [2.75, 3.05) is 31.5 Å². The standard InChI is InChI=1S/C25H33N3O/c1-20(27-15-17-28(18-16-27)23-12-6-7-13-23)25(29)26-24-14-8-5-11-22(24)19-21-9-3-2-4-10-21/h2-5,8-11,14,20,23H,6-7,12-13,15-19H2,1H3,(H,26,29). The molecule has 2 aromatic rings. The van der Waals surface area contributed by atoms with Crippen LogP contribution >= 0.6 is 0 Å². The van der Waals surface area contributed by atoms with Gasteiger partial charge in [0.25, 0.3) is 0 Å². The van der Waals surface area contributed by atoms with Gasteiger partial charge in [0.1, 0.15) is 0 Å². The highest BCUT2D eigenvalue weighted by molar-refractivity contribution is 5.95. The Bertz CT molecular complexity index is 793. The van der Waals surface area contributed by atoms with Crippen molar-refractivity contribution in [2.24, 2.45) is 0 Å². The average Bonchev–Trinajstić information content (AvgIpc) is 3.30. The molecule has 0 aromatic heterocycles. The Morgan fingerprint density at radius 1 is 0.966 bits per heavy atom. The number of piperazine rings is 1. The fraction of sp³-hybridized carbons (Fsp3) is 0.480. The molecule has 2 aliphatic rings. The van der Waals surface area contributed by atoms with E-state index in [0.29, 0.717) is 0 Å². The summed E-state index contributed by atoms with van der Waals surface area (Å²) in [7, 11) is 0. The van der Waals surface area contributed by atoms with Gasteiger partial charge in [-0.05, 0) is 43.4 Å². The third-order valence-corrected chi connectivity index (χ3v) is 6.63. The van der Waals surface area contributed by atoms with Crippen LogP contribution in [0.25, 0.3) is 0 Å². The van der Waals surface area contributed by atoms with Crippen LogP contribution in [0, 0.1) is 0 Å². The number of anilines is 1. The molecular formula is C25H33N3O. The number of carbonyl (C=O) groups is 1. The van der Waals surface area contributed by atoms with E-state index < -0.39 is 0 Å². The number of hydrogen-bond donors (Lipinski definition) is 1. The van der Waals surface area contributed by atoms with Crippen molar-refractivity contribution >= 4 is 11.6 Å². The number of amides is 1. The van der Waals surface area contributed by atoms with E-state index in [1.165, 1.54) is 31.2 Å². The Balaban J connectivity index is 1.34. The second-order valence-corrected chi connectivity index (χ2v) is 8.49. The monoisotopic (exact) mass is 391 g/mol. The van der Waals surface area contributed by atoms with Gasteiger partial charge < -0.3 is 5.32 Å². The Kier molecular flexibility index (Phi) is 6.63. The molecule has 4 heteroatoms. The van der Waals surface area contributed by atoms with Crippen molar-refractivity contribution in [1.29, 1.82) is 0 Å². The van der Waals surface area contributed by atoms with Gasteiger partial charge in [0, 0.05) is 37.9 Å². The molecule has 1 unspecified atom stereocenters. The average molecular weight is 392 g/mol. The zero-order valence-corrected chi connectivity index (χ0v) is 17.5. The van der Waals surface area contributed by atoms with Crippen molar-refractivity contribution in [3.05, 3.63) is 65.7 Å². The second-order valence-electron chi connectivity index (χ2n) is 8.49. The van der Waals surface area contributed by atoms with Crippen LogP contribution in [0.1, 0.15) is 43.7 Å². The van der Waals surface area contributed by atoms with Crippen LogP contribution < -0.4 is 5.32 Å². The quantitative estimate of drug-likeness (QED) is 0.803. The van der Waals surface area contributed by atoms with E-state index in [0.717, 1.165) is 49.9 Å². The first-order chi connectivity index (χ1) is 14.2. The number of nitrogens with one attached hydrogen (secondary N) is 1. The summed E-state index contributed by atoms with van der Waals surface area (Å²) in [5.74, 6) is 0.0971.